The Morgan fingerprint density at radius 1 is 1.24 bits per heavy atom. The summed E-state index contributed by atoms with van der Waals surface area (Å²) in [4.78, 5) is 0. The summed E-state index contributed by atoms with van der Waals surface area (Å²) in [6.07, 6.45) is 0. The molecule has 90 valence electrons. The van der Waals surface area contributed by atoms with Crippen LogP contribution in [0, 0.1) is 26.6 Å². The molecule has 1 aromatic carbocycles. The van der Waals surface area contributed by atoms with Gasteiger partial charge in [0.05, 0.1) is 0 Å². The predicted octanol–water partition coefficient (Wildman–Crippen LogP) is 3.28. The van der Waals surface area contributed by atoms with Crippen LogP contribution < -0.4 is 4.74 Å². The van der Waals surface area contributed by atoms with Gasteiger partial charge in [0.15, 0.2) is 0 Å². The van der Waals surface area contributed by atoms with Gasteiger partial charge in [0.25, 0.3) is 0 Å². The molecule has 0 radical (unpaired) electrons. The van der Waals surface area contributed by atoms with Crippen LogP contribution in [0.5, 0.6) is 11.6 Å². The summed E-state index contributed by atoms with van der Waals surface area (Å²) >= 11 is 0. The van der Waals surface area contributed by atoms with Crippen LogP contribution >= 0.6 is 0 Å². The summed E-state index contributed by atoms with van der Waals surface area (Å²) < 4.78 is 20.5. The van der Waals surface area contributed by atoms with Crippen molar-refractivity contribution in [1.29, 1.82) is 0 Å². The van der Waals surface area contributed by atoms with E-state index in [9.17, 15) is 4.39 Å². The molecule has 0 aliphatic carbocycles. The molecule has 0 spiro atoms. The number of hydrogen-bond donors (Lipinski definition) is 0. The first-order chi connectivity index (χ1) is 7.99. The second-order valence-electron chi connectivity index (χ2n) is 4.15. The predicted molar refractivity (Wildman–Crippen MR) is 63.9 cm³/mol. The molecule has 4 heteroatoms. The molecule has 1 aromatic heterocycles. The molecule has 2 rings (SSSR count). The van der Waals surface area contributed by atoms with Gasteiger partial charge in [-0.2, -0.15) is 0 Å². The third kappa shape index (κ3) is 2.16. The standard InChI is InChI=1S/C13H15FN2O/c1-8-7-11(5-6-12(8)14)17-13-9(2)10(3)16(4)15-13/h5-7H,1-4H3. The van der Waals surface area contributed by atoms with Gasteiger partial charge in [0.1, 0.15) is 11.6 Å². The van der Waals surface area contributed by atoms with E-state index in [1.807, 2.05) is 20.9 Å². The van der Waals surface area contributed by atoms with Gasteiger partial charge in [0.2, 0.25) is 5.88 Å². The zero-order valence-corrected chi connectivity index (χ0v) is 10.4. The smallest absolute Gasteiger partial charge is 0.241 e. The van der Waals surface area contributed by atoms with Gasteiger partial charge in [-0.25, -0.2) is 4.39 Å². The molecule has 0 unspecified atom stereocenters. The number of rotatable bonds is 2. The summed E-state index contributed by atoms with van der Waals surface area (Å²) in [7, 11) is 1.87. The first-order valence-corrected chi connectivity index (χ1v) is 5.43. The van der Waals surface area contributed by atoms with E-state index in [4.69, 9.17) is 4.74 Å². The van der Waals surface area contributed by atoms with Gasteiger partial charge in [-0.3, -0.25) is 4.68 Å². The van der Waals surface area contributed by atoms with E-state index in [1.165, 1.54) is 6.07 Å². The van der Waals surface area contributed by atoms with Gasteiger partial charge >= 0.3 is 0 Å². The van der Waals surface area contributed by atoms with Gasteiger partial charge < -0.3 is 4.74 Å². The van der Waals surface area contributed by atoms with Crippen molar-refractivity contribution in [2.45, 2.75) is 20.8 Å². The van der Waals surface area contributed by atoms with Gasteiger partial charge in [-0.15, -0.1) is 5.10 Å². The molecule has 3 nitrogen and oxygen atoms in total. The Hall–Kier alpha value is -1.84. The van der Waals surface area contributed by atoms with Gasteiger partial charge in [-0.05, 0) is 44.5 Å². The van der Waals surface area contributed by atoms with Crippen LogP contribution in [0.25, 0.3) is 0 Å². The maximum absolute atomic E-state index is 13.1. The lowest BCUT2D eigenvalue weighted by Crippen LogP contribution is -1.93. The van der Waals surface area contributed by atoms with E-state index >= 15 is 0 Å². The molecule has 2 aromatic rings. The lowest BCUT2D eigenvalue weighted by Gasteiger charge is -2.04. The molecule has 0 saturated heterocycles. The van der Waals surface area contributed by atoms with Crippen LogP contribution in [0.15, 0.2) is 18.2 Å². The summed E-state index contributed by atoms with van der Waals surface area (Å²) in [6, 6.07) is 4.67. The number of benzene rings is 1. The first kappa shape index (κ1) is 11.6. The number of aromatic nitrogens is 2. The van der Waals surface area contributed by atoms with Crippen molar-refractivity contribution in [3.05, 3.63) is 40.8 Å². The van der Waals surface area contributed by atoms with Crippen molar-refractivity contribution in [2.24, 2.45) is 7.05 Å². The maximum Gasteiger partial charge on any atom is 0.241 e. The average molecular weight is 234 g/mol. The van der Waals surface area contributed by atoms with Crippen LogP contribution in [-0.4, -0.2) is 9.78 Å². The number of hydrogen-bond acceptors (Lipinski definition) is 2. The van der Waals surface area contributed by atoms with E-state index in [2.05, 4.69) is 5.10 Å². The summed E-state index contributed by atoms with van der Waals surface area (Å²) in [5.41, 5.74) is 2.61. The number of nitrogens with zero attached hydrogens (tertiary/aromatic N) is 2. The van der Waals surface area contributed by atoms with Gasteiger partial charge in [0, 0.05) is 18.3 Å². The molecule has 0 saturated carbocycles. The van der Waals surface area contributed by atoms with Crippen molar-refractivity contribution in [1.82, 2.24) is 9.78 Å². The fourth-order valence-corrected chi connectivity index (χ4v) is 1.57. The highest BCUT2D eigenvalue weighted by Gasteiger charge is 2.11. The molecule has 0 amide bonds. The molecule has 17 heavy (non-hydrogen) atoms. The Balaban J connectivity index is 2.31. The highest BCUT2D eigenvalue weighted by Crippen LogP contribution is 2.26. The maximum atomic E-state index is 13.1. The summed E-state index contributed by atoms with van der Waals surface area (Å²) in [6.45, 7) is 5.64. The minimum Gasteiger partial charge on any atom is -0.437 e. The molecule has 0 bridgehead atoms. The Kier molecular flexibility index (Phi) is 2.88. The molecule has 1 heterocycles. The Labute approximate surface area is 99.8 Å². The van der Waals surface area contributed by atoms with Gasteiger partial charge in [-0.1, -0.05) is 0 Å². The van der Waals surface area contributed by atoms with Crippen LogP contribution in [0.4, 0.5) is 4.39 Å². The molecule has 0 fully saturated rings. The van der Waals surface area contributed by atoms with Crippen LogP contribution in [0.2, 0.25) is 0 Å². The second kappa shape index (κ2) is 4.20. The highest BCUT2D eigenvalue weighted by molar-refractivity contribution is 5.36. The molecular weight excluding hydrogens is 219 g/mol. The fourth-order valence-electron chi connectivity index (χ4n) is 1.57. The fraction of sp³-hybridized carbons (Fsp3) is 0.308. The lowest BCUT2D eigenvalue weighted by molar-refractivity contribution is 0.449. The largest absolute Gasteiger partial charge is 0.437 e. The van der Waals surface area contributed by atoms with E-state index in [-0.39, 0.29) is 5.82 Å². The van der Waals surface area contributed by atoms with Crippen molar-refractivity contribution in [2.75, 3.05) is 0 Å². The van der Waals surface area contributed by atoms with Crippen molar-refractivity contribution in [3.63, 3.8) is 0 Å². The molecule has 0 atom stereocenters. The second-order valence-corrected chi connectivity index (χ2v) is 4.15. The monoisotopic (exact) mass is 234 g/mol. The molecule has 0 aliphatic rings. The number of ether oxygens (including phenoxy) is 1. The van der Waals surface area contributed by atoms with Crippen LogP contribution in [0.1, 0.15) is 16.8 Å². The third-order valence-electron chi connectivity index (χ3n) is 2.93. The normalized spacial score (nSPS) is 10.6. The summed E-state index contributed by atoms with van der Waals surface area (Å²) in [5.74, 6) is 0.937. The average Bonchev–Trinajstić information content (AvgIpc) is 2.52. The Morgan fingerprint density at radius 2 is 1.94 bits per heavy atom. The SMILES string of the molecule is Cc1cc(Oc2nn(C)c(C)c2C)ccc1F. The quantitative estimate of drug-likeness (QED) is 0.797. The van der Waals surface area contributed by atoms with E-state index in [0.717, 1.165) is 11.3 Å². The molecule has 0 aliphatic heterocycles. The summed E-state index contributed by atoms with van der Waals surface area (Å²) in [5, 5.41) is 4.26. The topological polar surface area (TPSA) is 27.1 Å². The number of halogens is 1. The third-order valence-corrected chi connectivity index (χ3v) is 2.93. The van der Waals surface area contributed by atoms with Crippen LogP contribution in [-0.2, 0) is 7.05 Å². The minimum absolute atomic E-state index is 0.230. The highest BCUT2D eigenvalue weighted by atomic mass is 19.1. The number of aryl methyl sites for hydroxylation is 2. The molecule has 0 N–H and O–H groups in total. The Morgan fingerprint density at radius 3 is 2.47 bits per heavy atom. The van der Waals surface area contributed by atoms with E-state index in [0.29, 0.717) is 17.2 Å². The zero-order chi connectivity index (χ0) is 12.6. The minimum atomic E-state index is -0.230. The molecular formula is C13H15FN2O. The van der Waals surface area contributed by atoms with Crippen LogP contribution in [0.3, 0.4) is 0 Å². The van der Waals surface area contributed by atoms with E-state index < -0.39 is 0 Å². The van der Waals surface area contributed by atoms with E-state index in [1.54, 1.807) is 23.7 Å². The zero-order valence-electron chi connectivity index (χ0n) is 10.4. The van der Waals surface area contributed by atoms with Crippen molar-refractivity contribution < 1.29 is 9.13 Å². The lowest BCUT2D eigenvalue weighted by atomic mass is 10.2. The van der Waals surface area contributed by atoms with Crippen molar-refractivity contribution in [3.8, 4) is 11.6 Å². The first-order valence-electron chi connectivity index (χ1n) is 5.43. The Bertz CT molecular complexity index is 561. The van der Waals surface area contributed by atoms with Crippen molar-refractivity contribution >= 4 is 0 Å².